The molecule has 0 radical (unpaired) electrons. The van der Waals surface area contributed by atoms with E-state index in [1.165, 1.54) is 94.2 Å². The van der Waals surface area contributed by atoms with Crippen molar-refractivity contribution >= 4 is 12.2 Å². The van der Waals surface area contributed by atoms with Gasteiger partial charge in [0.05, 0.1) is 0 Å². The van der Waals surface area contributed by atoms with Crippen molar-refractivity contribution in [2.24, 2.45) is 0 Å². The number of hydrogen-bond acceptors (Lipinski definition) is 0. The Bertz CT molecular complexity index is 1870. The van der Waals surface area contributed by atoms with Crippen LogP contribution in [0.25, 0.3) is 34.4 Å². The second kappa shape index (κ2) is 11.6. The molecule has 0 nitrogen and oxygen atoms in total. The Hall–Kier alpha value is -3.64. The summed E-state index contributed by atoms with van der Waals surface area (Å²) in [5, 5.41) is 0. The van der Waals surface area contributed by atoms with E-state index in [9.17, 15) is 0 Å². The van der Waals surface area contributed by atoms with Crippen molar-refractivity contribution in [1.82, 2.24) is 0 Å². The quantitative estimate of drug-likeness (QED) is 0.213. The van der Waals surface area contributed by atoms with Gasteiger partial charge >= 0.3 is 0 Å². The van der Waals surface area contributed by atoms with Gasteiger partial charge in [0.1, 0.15) is 0 Å². The molecule has 0 saturated carbocycles. The molecule has 4 aromatic rings. The summed E-state index contributed by atoms with van der Waals surface area (Å²) in [7, 11) is 0. The van der Waals surface area contributed by atoms with Crippen LogP contribution in [-0.4, -0.2) is 0 Å². The predicted molar refractivity (Wildman–Crippen MR) is 200 cm³/mol. The molecule has 0 heterocycles. The average Bonchev–Trinajstić information content (AvgIpc) is 3.80. The molecule has 0 unspecified atom stereocenters. The van der Waals surface area contributed by atoms with Crippen LogP contribution in [0.1, 0.15) is 124 Å². The number of rotatable bonds is 2. The third-order valence-corrected chi connectivity index (χ3v) is 10.9. The molecule has 0 spiro atoms. The van der Waals surface area contributed by atoms with Crippen LogP contribution in [0.3, 0.4) is 0 Å². The Morgan fingerprint density at radius 3 is 1.54 bits per heavy atom. The van der Waals surface area contributed by atoms with Gasteiger partial charge in [0, 0.05) is 0 Å². The lowest BCUT2D eigenvalue weighted by molar-refractivity contribution is 0.590. The third kappa shape index (κ3) is 5.74. The lowest BCUT2D eigenvalue weighted by Gasteiger charge is -2.20. The Kier molecular flexibility index (Phi) is 7.78. The molecule has 236 valence electrons. The number of aryl methyl sites for hydroxylation is 2. The molecular formula is C46H52. The maximum atomic E-state index is 2.48. The van der Waals surface area contributed by atoms with Crippen molar-refractivity contribution in [3.63, 3.8) is 0 Å². The van der Waals surface area contributed by atoms with Gasteiger partial charge in [-0.05, 0) is 154 Å². The lowest BCUT2D eigenvalue weighted by atomic mass is 9.84. The highest BCUT2D eigenvalue weighted by Crippen LogP contribution is 2.43. The smallest absolute Gasteiger partial charge is 0.00543 e. The van der Waals surface area contributed by atoms with E-state index >= 15 is 0 Å². The molecule has 0 aliphatic heterocycles. The summed E-state index contributed by atoms with van der Waals surface area (Å²) in [6, 6.07) is 23.6. The van der Waals surface area contributed by atoms with Gasteiger partial charge in [-0.25, -0.2) is 0 Å². The summed E-state index contributed by atoms with van der Waals surface area (Å²) in [6.45, 7) is 18.2. The zero-order chi connectivity index (χ0) is 32.4. The Labute approximate surface area is 278 Å². The van der Waals surface area contributed by atoms with Crippen LogP contribution < -0.4 is 0 Å². The normalized spacial score (nSPS) is 16.3. The first kappa shape index (κ1) is 31.0. The molecule has 0 fully saturated rings. The number of fused-ring (bicyclic) bond motifs is 4. The standard InChI is InChI=1S/2C23H26/c2*1-15-12-18-14-17-6-5-7-20(17)22(21(18)13-15)16-8-10-19(11-9-16)23(2,3)4/h8-11,13-14H,5-7,12H2,1-4H3;8-12,14H,5-7,13H2,1-4H3. The molecule has 0 bridgehead atoms. The van der Waals surface area contributed by atoms with E-state index in [-0.39, 0.29) is 10.8 Å². The Balaban J connectivity index is 0.000000147. The highest BCUT2D eigenvalue weighted by molar-refractivity contribution is 5.85. The Morgan fingerprint density at radius 1 is 0.478 bits per heavy atom. The molecule has 4 aliphatic carbocycles. The molecule has 0 atom stereocenters. The first-order chi connectivity index (χ1) is 21.9. The van der Waals surface area contributed by atoms with Gasteiger partial charge in [-0.2, -0.15) is 0 Å². The van der Waals surface area contributed by atoms with Gasteiger partial charge in [-0.3, -0.25) is 0 Å². The molecular weight excluding hydrogens is 553 g/mol. The zero-order valence-corrected chi connectivity index (χ0v) is 29.6. The minimum Gasteiger partial charge on any atom is -0.0683 e. The molecule has 4 aliphatic rings. The fraction of sp³-hybridized carbons (Fsp3) is 0.391. The van der Waals surface area contributed by atoms with E-state index in [0.29, 0.717) is 0 Å². The number of hydrogen-bond donors (Lipinski definition) is 0. The van der Waals surface area contributed by atoms with E-state index in [2.05, 4.69) is 128 Å². The fourth-order valence-electron chi connectivity index (χ4n) is 8.41. The van der Waals surface area contributed by atoms with Crippen LogP contribution >= 0.6 is 0 Å². The highest BCUT2D eigenvalue weighted by atomic mass is 14.3. The third-order valence-electron chi connectivity index (χ3n) is 10.9. The van der Waals surface area contributed by atoms with Gasteiger partial charge in [-0.15, -0.1) is 0 Å². The largest absolute Gasteiger partial charge is 0.0683 e. The highest BCUT2D eigenvalue weighted by Gasteiger charge is 2.26. The van der Waals surface area contributed by atoms with Crippen molar-refractivity contribution < 1.29 is 0 Å². The maximum absolute atomic E-state index is 2.48. The Morgan fingerprint density at radius 2 is 0.978 bits per heavy atom. The minimum absolute atomic E-state index is 0.218. The monoisotopic (exact) mass is 604 g/mol. The molecule has 0 saturated heterocycles. The van der Waals surface area contributed by atoms with Gasteiger partial charge in [0.2, 0.25) is 0 Å². The molecule has 4 aromatic carbocycles. The second-order valence-corrected chi connectivity index (χ2v) is 16.6. The molecule has 46 heavy (non-hydrogen) atoms. The second-order valence-electron chi connectivity index (χ2n) is 16.6. The summed E-state index contributed by atoms with van der Waals surface area (Å²) in [5.74, 6) is 0. The maximum Gasteiger partial charge on any atom is -0.00543 e. The van der Waals surface area contributed by atoms with Crippen molar-refractivity contribution in [3.8, 4) is 22.3 Å². The van der Waals surface area contributed by atoms with E-state index < -0.39 is 0 Å². The van der Waals surface area contributed by atoms with Crippen LogP contribution in [0.2, 0.25) is 0 Å². The minimum atomic E-state index is 0.218. The summed E-state index contributed by atoms with van der Waals surface area (Å²) < 4.78 is 0. The average molecular weight is 605 g/mol. The first-order valence-electron chi connectivity index (χ1n) is 17.8. The van der Waals surface area contributed by atoms with E-state index in [4.69, 9.17) is 0 Å². The zero-order valence-electron chi connectivity index (χ0n) is 29.6. The van der Waals surface area contributed by atoms with Crippen LogP contribution in [-0.2, 0) is 49.4 Å². The molecule has 0 amide bonds. The molecule has 0 aromatic heterocycles. The topological polar surface area (TPSA) is 0 Å². The summed E-state index contributed by atoms with van der Waals surface area (Å²) in [4.78, 5) is 0. The van der Waals surface area contributed by atoms with Crippen molar-refractivity contribution in [1.29, 1.82) is 0 Å². The van der Waals surface area contributed by atoms with Crippen LogP contribution in [0, 0.1) is 0 Å². The van der Waals surface area contributed by atoms with E-state index in [1.54, 1.807) is 33.4 Å². The molecule has 0 heteroatoms. The van der Waals surface area contributed by atoms with Crippen LogP contribution in [0.15, 0.2) is 71.8 Å². The number of benzene rings is 4. The number of allylic oxidation sites excluding steroid dienone is 2. The van der Waals surface area contributed by atoms with Gasteiger partial charge in [0.15, 0.2) is 0 Å². The lowest BCUT2D eigenvalue weighted by Crippen LogP contribution is -2.10. The summed E-state index contributed by atoms with van der Waals surface area (Å²) >= 11 is 0. The van der Waals surface area contributed by atoms with Gasteiger partial charge < -0.3 is 0 Å². The van der Waals surface area contributed by atoms with Crippen molar-refractivity contribution in [2.75, 3.05) is 0 Å². The fourth-order valence-corrected chi connectivity index (χ4v) is 8.41. The molecule has 0 N–H and O–H groups in total. The van der Waals surface area contributed by atoms with Crippen molar-refractivity contribution in [3.05, 3.63) is 127 Å². The van der Waals surface area contributed by atoms with E-state index in [0.717, 1.165) is 12.8 Å². The predicted octanol–water partition coefficient (Wildman–Crippen LogP) is 12.2. The summed E-state index contributed by atoms with van der Waals surface area (Å²) in [5.41, 5.74) is 24.6. The van der Waals surface area contributed by atoms with E-state index in [1.807, 2.05) is 0 Å². The SMILES string of the molecule is CC1=Cc2c(cc3c(c2-c2ccc(C(C)(C)C)cc2)CCC3)C1.CC1=Cc2cc3c(c(-c4ccc(C(C)(C)C)cc4)c2C1)CCC3. The van der Waals surface area contributed by atoms with Crippen LogP contribution in [0.5, 0.6) is 0 Å². The summed E-state index contributed by atoms with van der Waals surface area (Å²) in [6.07, 6.45) is 14.7. The molecule has 8 rings (SSSR count). The first-order valence-corrected chi connectivity index (χ1v) is 17.8. The van der Waals surface area contributed by atoms with Gasteiger partial charge in [0.25, 0.3) is 0 Å². The van der Waals surface area contributed by atoms with Crippen molar-refractivity contribution in [2.45, 2.75) is 118 Å². The van der Waals surface area contributed by atoms with Crippen LogP contribution in [0.4, 0.5) is 0 Å². The van der Waals surface area contributed by atoms with Gasteiger partial charge in [-0.1, -0.05) is 126 Å².